The lowest BCUT2D eigenvalue weighted by Gasteiger charge is -2.13. The van der Waals surface area contributed by atoms with Gasteiger partial charge in [-0.1, -0.05) is 6.07 Å². The SMILES string of the molecule is O=C(CCc1ccccn1)C1=CCCCO1. The molecule has 0 unspecified atom stereocenters. The van der Waals surface area contributed by atoms with Crippen molar-refractivity contribution in [2.24, 2.45) is 0 Å². The summed E-state index contributed by atoms with van der Waals surface area (Å²) in [7, 11) is 0. The Balaban J connectivity index is 1.86. The van der Waals surface area contributed by atoms with Crippen LogP contribution in [0.2, 0.25) is 0 Å². The fourth-order valence-corrected chi connectivity index (χ4v) is 1.66. The molecule has 0 atom stereocenters. The van der Waals surface area contributed by atoms with Gasteiger partial charge in [-0.2, -0.15) is 0 Å². The van der Waals surface area contributed by atoms with E-state index in [2.05, 4.69) is 4.98 Å². The van der Waals surface area contributed by atoms with Crippen molar-refractivity contribution in [3.05, 3.63) is 41.9 Å². The highest BCUT2D eigenvalue weighted by atomic mass is 16.5. The van der Waals surface area contributed by atoms with E-state index in [1.807, 2.05) is 24.3 Å². The third kappa shape index (κ3) is 2.92. The highest BCUT2D eigenvalue weighted by Crippen LogP contribution is 2.13. The molecular formula is C13H15NO2. The zero-order chi connectivity index (χ0) is 11.2. The molecule has 3 nitrogen and oxygen atoms in total. The number of rotatable bonds is 4. The first-order valence-electron chi connectivity index (χ1n) is 5.62. The summed E-state index contributed by atoms with van der Waals surface area (Å²) in [5.74, 6) is 0.632. The van der Waals surface area contributed by atoms with E-state index in [-0.39, 0.29) is 5.78 Å². The van der Waals surface area contributed by atoms with Gasteiger partial charge in [-0.3, -0.25) is 9.78 Å². The van der Waals surface area contributed by atoms with Gasteiger partial charge in [0.25, 0.3) is 0 Å². The largest absolute Gasteiger partial charge is 0.490 e. The molecule has 1 aromatic heterocycles. The summed E-state index contributed by atoms with van der Waals surface area (Å²) in [4.78, 5) is 15.9. The topological polar surface area (TPSA) is 39.2 Å². The van der Waals surface area contributed by atoms with Gasteiger partial charge in [-0.05, 0) is 37.5 Å². The van der Waals surface area contributed by atoms with E-state index in [9.17, 15) is 4.79 Å². The normalized spacial score (nSPS) is 15.1. The van der Waals surface area contributed by atoms with Crippen LogP contribution in [0.3, 0.4) is 0 Å². The summed E-state index contributed by atoms with van der Waals surface area (Å²) in [6.45, 7) is 0.668. The Kier molecular flexibility index (Phi) is 3.70. The molecule has 1 aliphatic rings. The summed E-state index contributed by atoms with van der Waals surface area (Å²) in [6.07, 6.45) is 6.76. The lowest BCUT2D eigenvalue weighted by molar-refractivity contribution is -0.119. The van der Waals surface area contributed by atoms with E-state index in [1.54, 1.807) is 6.20 Å². The van der Waals surface area contributed by atoms with Gasteiger partial charge >= 0.3 is 0 Å². The molecule has 0 amide bonds. The first-order chi connectivity index (χ1) is 7.86. The van der Waals surface area contributed by atoms with Crippen molar-refractivity contribution in [2.75, 3.05) is 6.61 Å². The zero-order valence-electron chi connectivity index (χ0n) is 9.19. The Morgan fingerprint density at radius 1 is 1.44 bits per heavy atom. The van der Waals surface area contributed by atoms with E-state index >= 15 is 0 Å². The summed E-state index contributed by atoms with van der Waals surface area (Å²) in [6, 6.07) is 5.74. The average molecular weight is 217 g/mol. The molecule has 3 heteroatoms. The molecular weight excluding hydrogens is 202 g/mol. The van der Waals surface area contributed by atoms with Gasteiger partial charge < -0.3 is 4.74 Å². The predicted molar refractivity (Wildman–Crippen MR) is 60.8 cm³/mol. The molecule has 0 saturated carbocycles. The third-order valence-corrected chi connectivity index (χ3v) is 2.54. The Hall–Kier alpha value is -1.64. The van der Waals surface area contributed by atoms with Gasteiger partial charge in [-0.25, -0.2) is 0 Å². The number of ether oxygens (including phenoxy) is 1. The monoisotopic (exact) mass is 217 g/mol. The second-order valence-electron chi connectivity index (χ2n) is 3.80. The van der Waals surface area contributed by atoms with E-state index in [0.29, 0.717) is 25.2 Å². The average Bonchev–Trinajstić information content (AvgIpc) is 2.38. The van der Waals surface area contributed by atoms with Crippen LogP contribution in [0, 0.1) is 0 Å². The van der Waals surface area contributed by atoms with Crippen molar-refractivity contribution in [3.8, 4) is 0 Å². The molecule has 84 valence electrons. The van der Waals surface area contributed by atoms with Crippen molar-refractivity contribution >= 4 is 5.78 Å². The highest BCUT2D eigenvalue weighted by Gasteiger charge is 2.13. The second-order valence-corrected chi connectivity index (χ2v) is 3.80. The molecule has 1 aliphatic heterocycles. The van der Waals surface area contributed by atoms with Gasteiger partial charge in [0.05, 0.1) is 6.61 Å². The van der Waals surface area contributed by atoms with Crippen LogP contribution in [0.1, 0.15) is 25.0 Å². The molecule has 2 rings (SSSR count). The van der Waals surface area contributed by atoms with Gasteiger partial charge in [0.1, 0.15) is 0 Å². The summed E-state index contributed by atoms with van der Waals surface area (Å²) < 4.78 is 5.32. The maximum atomic E-state index is 11.8. The minimum Gasteiger partial charge on any atom is -0.490 e. The molecule has 0 N–H and O–H groups in total. The Labute approximate surface area is 95.2 Å². The number of aryl methyl sites for hydroxylation is 1. The number of nitrogens with zero attached hydrogens (tertiary/aromatic N) is 1. The number of carbonyl (C=O) groups excluding carboxylic acids is 1. The molecule has 0 bridgehead atoms. The van der Waals surface area contributed by atoms with Crippen molar-refractivity contribution in [3.63, 3.8) is 0 Å². The van der Waals surface area contributed by atoms with Crippen molar-refractivity contribution in [1.29, 1.82) is 0 Å². The highest BCUT2D eigenvalue weighted by molar-refractivity contribution is 5.93. The number of aromatic nitrogens is 1. The van der Waals surface area contributed by atoms with E-state index < -0.39 is 0 Å². The minimum atomic E-state index is 0.0883. The van der Waals surface area contributed by atoms with Gasteiger partial charge in [-0.15, -0.1) is 0 Å². The van der Waals surface area contributed by atoms with Crippen LogP contribution in [0.4, 0.5) is 0 Å². The minimum absolute atomic E-state index is 0.0883. The predicted octanol–water partition coefficient (Wildman–Crippen LogP) is 2.28. The van der Waals surface area contributed by atoms with Crippen LogP contribution >= 0.6 is 0 Å². The first kappa shape index (κ1) is 10.9. The number of pyridine rings is 1. The van der Waals surface area contributed by atoms with Crippen molar-refractivity contribution in [2.45, 2.75) is 25.7 Å². The van der Waals surface area contributed by atoms with Crippen LogP contribution in [0.5, 0.6) is 0 Å². The molecule has 16 heavy (non-hydrogen) atoms. The lowest BCUT2D eigenvalue weighted by atomic mass is 10.1. The fourth-order valence-electron chi connectivity index (χ4n) is 1.66. The molecule has 0 aromatic carbocycles. The molecule has 0 saturated heterocycles. The number of hydrogen-bond acceptors (Lipinski definition) is 3. The maximum absolute atomic E-state index is 11.8. The van der Waals surface area contributed by atoms with E-state index in [0.717, 1.165) is 18.5 Å². The maximum Gasteiger partial charge on any atom is 0.197 e. The van der Waals surface area contributed by atoms with E-state index in [4.69, 9.17) is 4.74 Å². The number of carbonyl (C=O) groups is 1. The molecule has 0 radical (unpaired) electrons. The quantitative estimate of drug-likeness (QED) is 0.776. The van der Waals surface area contributed by atoms with Crippen LogP contribution in [-0.4, -0.2) is 17.4 Å². The molecule has 0 aliphatic carbocycles. The fraction of sp³-hybridized carbons (Fsp3) is 0.385. The van der Waals surface area contributed by atoms with Crippen LogP contribution in [0.15, 0.2) is 36.2 Å². The Bertz CT molecular complexity index is 384. The molecule has 2 heterocycles. The van der Waals surface area contributed by atoms with Gasteiger partial charge in [0.15, 0.2) is 11.5 Å². The number of Topliss-reactive ketones (excluding diaryl/α,β-unsaturated/α-hetero) is 1. The number of hydrogen-bond donors (Lipinski definition) is 0. The molecule has 0 spiro atoms. The van der Waals surface area contributed by atoms with Crippen LogP contribution in [0.25, 0.3) is 0 Å². The van der Waals surface area contributed by atoms with Crippen molar-refractivity contribution in [1.82, 2.24) is 4.98 Å². The summed E-state index contributed by atoms with van der Waals surface area (Å²) >= 11 is 0. The summed E-state index contributed by atoms with van der Waals surface area (Å²) in [5.41, 5.74) is 0.951. The third-order valence-electron chi connectivity index (χ3n) is 2.54. The smallest absolute Gasteiger partial charge is 0.197 e. The molecule has 1 aromatic rings. The van der Waals surface area contributed by atoms with Crippen LogP contribution in [-0.2, 0) is 16.0 Å². The summed E-state index contributed by atoms with van der Waals surface area (Å²) in [5, 5.41) is 0. The van der Waals surface area contributed by atoms with Crippen molar-refractivity contribution < 1.29 is 9.53 Å². The Morgan fingerprint density at radius 2 is 2.38 bits per heavy atom. The second kappa shape index (κ2) is 5.45. The number of ketones is 1. The zero-order valence-corrected chi connectivity index (χ0v) is 9.19. The van der Waals surface area contributed by atoms with Crippen LogP contribution < -0.4 is 0 Å². The molecule has 0 fully saturated rings. The van der Waals surface area contributed by atoms with Gasteiger partial charge in [0, 0.05) is 18.3 Å². The number of allylic oxidation sites excluding steroid dienone is 2. The lowest BCUT2D eigenvalue weighted by Crippen LogP contribution is -2.11. The Morgan fingerprint density at radius 3 is 3.06 bits per heavy atom. The van der Waals surface area contributed by atoms with E-state index in [1.165, 1.54) is 0 Å². The first-order valence-corrected chi connectivity index (χ1v) is 5.62. The standard InChI is InChI=1S/C13H15NO2/c15-12(13-6-2-4-10-16-13)8-7-11-5-1-3-9-14-11/h1,3,5-6,9H,2,4,7-8,10H2. The van der Waals surface area contributed by atoms with Gasteiger partial charge in [0.2, 0.25) is 0 Å².